The van der Waals surface area contributed by atoms with E-state index < -0.39 is 0 Å². The van der Waals surface area contributed by atoms with Crippen molar-refractivity contribution in [3.63, 3.8) is 0 Å². The first-order valence-electron chi connectivity index (χ1n) is 5.72. The van der Waals surface area contributed by atoms with Gasteiger partial charge in [0.05, 0.1) is 18.1 Å². The third-order valence-electron chi connectivity index (χ3n) is 2.64. The highest BCUT2D eigenvalue weighted by Gasteiger charge is 2.34. The molecule has 1 aliphatic heterocycles. The van der Waals surface area contributed by atoms with Crippen molar-refractivity contribution in [2.24, 2.45) is 0 Å². The fourth-order valence-corrected chi connectivity index (χ4v) is 2.95. The number of amides is 2. The van der Waals surface area contributed by atoms with Gasteiger partial charge < -0.3 is 4.74 Å². The third-order valence-corrected chi connectivity index (χ3v) is 4.11. The van der Waals surface area contributed by atoms with Crippen molar-refractivity contribution in [3.8, 4) is 0 Å². The van der Waals surface area contributed by atoms with Gasteiger partial charge in [-0.15, -0.1) is 0 Å². The molecule has 0 N–H and O–H groups in total. The van der Waals surface area contributed by atoms with Crippen LogP contribution in [0.5, 0.6) is 0 Å². The van der Waals surface area contributed by atoms with Crippen LogP contribution in [0.1, 0.15) is 5.56 Å². The van der Waals surface area contributed by atoms with E-state index in [1.165, 1.54) is 7.11 Å². The van der Waals surface area contributed by atoms with Crippen LogP contribution < -0.4 is 0 Å². The largest absolute Gasteiger partial charge is 0.383 e. The second-order valence-corrected chi connectivity index (χ2v) is 5.83. The molecular formula is C13H11Cl2NO3S. The number of methoxy groups -OCH3 is 1. The van der Waals surface area contributed by atoms with Gasteiger partial charge >= 0.3 is 0 Å². The van der Waals surface area contributed by atoms with Crippen molar-refractivity contribution in [3.05, 3.63) is 38.7 Å². The molecule has 1 aliphatic rings. The fraction of sp³-hybridized carbons (Fsp3) is 0.231. The minimum absolute atomic E-state index is 0.243. The number of carbonyl (C=O) groups is 2. The third kappa shape index (κ3) is 3.35. The van der Waals surface area contributed by atoms with E-state index in [-0.39, 0.29) is 17.7 Å². The Morgan fingerprint density at radius 3 is 2.75 bits per heavy atom. The molecule has 0 atom stereocenters. The molecule has 0 aliphatic carbocycles. The average molecular weight is 332 g/mol. The Hall–Kier alpha value is -1.01. The van der Waals surface area contributed by atoms with Crippen molar-refractivity contribution in [1.82, 2.24) is 4.90 Å². The van der Waals surface area contributed by atoms with Gasteiger partial charge in [0.1, 0.15) is 0 Å². The first-order valence-corrected chi connectivity index (χ1v) is 7.29. The number of benzene rings is 1. The summed E-state index contributed by atoms with van der Waals surface area (Å²) in [6.07, 6.45) is 1.59. The summed E-state index contributed by atoms with van der Waals surface area (Å²) in [4.78, 5) is 25.3. The van der Waals surface area contributed by atoms with Crippen molar-refractivity contribution in [1.29, 1.82) is 0 Å². The zero-order valence-corrected chi connectivity index (χ0v) is 12.9. The summed E-state index contributed by atoms with van der Waals surface area (Å²) in [7, 11) is 1.52. The molecule has 0 spiro atoms. The number of halogens is 2. The summed E-state index contributed by atoms with van der Waals surface area (Å²) in [6.45, 7) is 0.555. The Morgan fingerprint density at radius 1 is 1.35 bits per heavy atom. The smallest absolute Gasteiger partial charge is 0.293 e. The summed E-state index contributed by atoms with van der Waals surface area (Å²) in [5.74, 6) is -0.330. The summed E-state index contributed by atoms with van der Waals surface area (Å²) < 4.78 is 4.88. The van der Waals surface area contributed by atoms with Gasteiger partial charge in [0.25, 0.3) is 11.1 Å². The first-order chi connectivity index (χ1) is 9.52. The SMILES string of the molecule is COCCN1C(=O)S/C(=C/c2ccc(Cl)cc2Cl)C1=O. The predicted octanol–water partition coefficient (Wildman–Crippen LogP) is 3.68. The van der Waals surface area contributed by atoms with Gasteiger partial charge in [0.15, 0.2) is 0 Å². The van der Waals surface area contributed by atoms with Gasteiger partial charge in [0, 0.05) is 17.2 Å². The van der Waals surface area contributed by atoms with Gasteiger partial charge in [-0.2, -0.15) is 0 Å². The molecule has 0 unspecified atom stereocenters. The second-order valence-electron chi connectivity index (χ2n) is 3.99. The topological polar surface area (TPSA) is 46.6 Å². The molecule has 1 aromatic carbocycles. The normalized spacial score (nSPS) is 17.4. The van der Waals surface area contributed by atoms with E-state index in [1.807, 2.05) is 0 Å². The molecule has 20 heavy (non-hydrogen) atoms. The zero-order valence-electron chi connectivity index (χ0n) is 10.6. The van der Waals surface area contributed by atoms with Crippen molar-refractivity contribution in [2.75, 3.05) is 20.3 Å². The van der Waals surface area contributed by atoms with Gasteiger partial charge in [-0.25, -0.2) is 0 Å². The predicted molar refractivity (Wildman–Crippen MR) is 81.0 cm³/mol. The number of ether oxygens (including phenoxy) is 1. The van der Waals surface area contributed by atoms with E-state index in [0.717, 1.165) is 16.7 Å². The standard InChI is InChI=1S/C13H11Cl2NO3S/c1-19-5-4-16-12(17)11(20-13(16)18)6-8-2-3-9(14)7-10(8)15/h2-3,6-7H,4-5H2,1H3/b11-6+. The lowest BCUT2D eigenvalue weighted by atomic mass is 10.2. The van der Waals surface area contributed by atoms with Crippen molar-refractivity contribution < 1.29 is 14.3 Å². The Morgan fingerprint density at radius 2 is 2.10 bits per heavy atom. The lowest BCUT2D eigenvalue weighted by Gasteiger charge is -2.10. The molecule has 1 aromatic rings. The number of rotatable bonds is 4. The number of carbonyl (C=O) groups excluding carboxylic acids is 2. The molecule has 7 heteroatoms. The lowest BCUT2D eigenvalue weighted by Crippen LogP contribution is -2.31. The lowest BCUT2D eigenvalue weighted by molar-refractivity contribution is -0.123. The highest BCUT2D eigenvalue weighted by molar-refractivity contribution is 8.18. The van der Waals surface area contributed by atoms with Crippen molar-refractivity contribution >= 4 is 52.2 Å². The fourth-order valence-electron chi connectivity index (χ4n) is 1.64. The average Bonchev–Trinajstić information content (AvgIpc) is 2.66. The van der Waals surface area contributed by atoms with Crippen LogP contribution >= 0.6 is 35.0 Å². The van der Waals surface area contributed by atoms with Crippen LogP contribution in [0.15, 0.2) is 23.1 Å². The van der Waals surface area contributed by atoms with Crippen LogP contribution in [0.4, 0.5) is 4.79 Å². The Bertz CT molecular complexity index is 589. The molecule has 1 fully saturated rings. The van der Waals surface area contributed by atoms with Crippen LogP contribution in [0, 0.1) is 0 Å². The van der Waals surface area contributed by atoms with Crippen LogP contribution in [-0.4, -0.2) is 36.3 Å². The number of thioether (sulfide) groups is 1. The monoisotopic (exact) mass is 331 g/mol. The maximum absolute atomic E-state index is 12.1. The van der Waals surface area contributed by atoms with E-state index in [4.69, 9.17) is 27.9 Å². The second kappa shape index (κ2) is 6.63. The quantitative estimate of drug-likeness (QED) is 0.789. The number of nitrogens with zero attached hydrogens (tertiary/aromatic N) is 1. The Balaban J connectivity index is 2.23. The molecule has 1 saturated heterocycles. The van der Waals surface area contributed by atoms with E-state index in [1.54, 1.807) is 24.3 Å². The number of hydrogen-bond donors (Lipinski definition) is 0. The molecule has 2 amide bonds. The first kappa shape index (κ1) is 15.4. The molecule has 0 radical (unpaired) electrons. The molecule has 106 valence electrons. The summed E-state index contributed by atoms with van der Waals surface area (Å²) >= 11 is 12.7. The maximum atomic E-state index is 12.1. The van der Waals surface area contributed by atoms with Gasteiger partial charge in [-0.1, -0.05) is 29.3 Å². The number of imide groups is 1. The molecule has 0 aromatic heterocycles. The van der Waals surface area contributed by atoms with E-state index in [0.29, 0.717) is 27.1 Å². The minimum Gasteiger partial charge on any atom is -0.383 e. The van der Waals surface area contributed by atoms with Crippen molar-refractivity contribution in [2.45, 2.75) is 0 Å². The Kier molecular flexibility index (Phi) is 5.10. The summed E-state index contributed by atoms with van der Waals surface area (Å²) in [6, 6.07) is 4.96. The van der Waals surface area contributed by atoms with Gasteiger partial charge in [-0.05, 0) is 35.5 Å². The highest BCUT2D eigenvalue weighted by atomic mass is 35.5. The van der Waals surface area contributed by atoms with Crippen LogP contribution in [0.3, 0.4) is 0 Å². The van der Waals surface area contributed by atoms with Crippen LogP contribution in [0.25, 0.3) is 6.08 Å². The molecule has 4 nitrogen and oxygen atoms in total. The van der Waals surface area contributed by atoms with Crippen LogP contribution in [-0.2, 0) is 9.53 Å². The van der Waals surface area contributed by atoms with Crippen LogP contribution in [0.2, 0.25) is 10.0 Å². The summed E-state index contributed by atoms with van der Waals surface area (Å²) in [5, 5.41) is 0.643. The maximum Gasteiger partial charge on any atom is 0.293 e. The molecular weight excluding hydrogens is 321 g/mol. The van der Waals surface area contributed by atoms with E-state index in [2.05, 4.69) is 0 Å². The number of hydrogen-bond acceptors (Lipinski definition) is 4. The zero-order chi connectivity index (χ0) is 14.7. The summed E-state index contributed by atoms with van der Waals surface area (Å²) in [5.41, 5.74) is 0.647. The highest BCUT2D eigenvalue weighted by Crippen LogP contribution is 2.33. The van der Waals surface area contributed by atoms with E-state index in [9.17, 15) is 9.59 Å². The van der Waals surface area contributed by atoms with Gasteiger partial charge in [-0.3, -0.25) is 14.5 Å². The molecule has 0 bridgehead atoms. The molecule has 2 rings (SSSR count). The molecule has 1 heterocycles. The Labute approximate surface area is 130 Å². The minimum atomic E-state index is -0.330. The van der Waals surface area contributed by atoms with Gasteiger partial charge in [0.2, 0.25) is 0 Å². The van der Waals surface area contributed by atoms with E-state index >= 15 is 0 Å². The molecule has 0 saturated carbocycles.